The van der Waals surface area contributed by atoms with Crippen LogP contribution < -0.4 is 0 Å². The Balaban J connectivity index is 3.12. The Kier molecular flexibility index (Phi) is 15.2. The second-order valence-electron chi connectivity index (χ2n) is 6.05. The maximum atomic E-state index is 9.62. The highest BCUT2D eigenvalue weighted by molar-refractivity contribution is 4.62. The van der Waals surface area contributed by atoms with Crippen LogP contribution in [0.15, 0.2) is 0 Å². The lowest BCUT2D eigenvalue weighted by Gasteiger charge is -2.13. The van der Waals surface area contributed by atoms with E-state index in [0.717, 1.165) is 12.8 Å². The topological polar surface area (TPSA) is 60.7 Å². The third kappa shape index (κ3) is 14.3. The van der Waals surface area contributed by atoms with Crippen molar-refractivity contribution in [2.45, 2.75) is 103 Å². The molecule has 0 fully saturated rings. The second kappa shape index (κ2) is 15.3. The molecule has 0 aromatic rings. The van der Waals surface area contributed by atoms with Gasteiger partial charge in [0.2, 0.25) is 0 Å². The van der Waals surface area contributed by atoms with Crippen molar-refractivity contribution in [3.63, 3.8) is 0 Å². The summed E-state index contributed by atoms with van der Waals surface area (Å²) in [7, 11) is 0. The van der Waals surface area contributed by atoms with Gasteiger partial charge < -0.3 is 15.3 Å². The minimum atomic E-state index is -0.766. The van der Waals surface area contributed by atoms with E-state index in [1.54, 1.807) is 0 Å². The number of rotatable bonds is 15. The van der Waals surface area contributed by atoms with Crippen LogP contribution in [-0.4, -0.2) is 34.1 Å². The van der Waals surface area contributed by atoms with Crippen LogP contribution in [0.25, 0.3) is 0 Å². The third-order valence-electron chi connectivity index (χ3n) is 3.90. The first kappa shape index (κ1) is 19.9. The molecule has 0 aliphatic heterocycles. The fraction of sp³-hybridized carbons (Fsp3) is 1.00. The van der Waals surface area contributed by atoms with Gasteiger partial charge in [0, 0.05) is 6.42 Å². The number of aliphatic hydroxyl groups excluding tert-OH is 3. The van der Waals surface area contributed by atoms with E-state index in [2.05, 4.69) is 6.92 Å². The normalized spacial score (nSPS) is 14.4. The van der Waals surface area contributed by atoms with Gasteiger partial charge in [0.1, 0.15) is 0 Å². The summed E-state index contributed by atoms with van der Waals surface area (Å²) >= 11 is 0. The van der Waals surface area contributed by atoms with Gasteiger partial charge in [-0.3, -0.25) is 0 Å². The van der Waals surface area contributed by atoms with Crippen molar-refractivity contribution in [3.05, 3.63) is 0 Å². The predicted molar refractivity (Wildman–Crippen MR) is 84.8 cm³/mol. The lowest BCUT2D eigenvalue weighted by molar-refractivity contribution is 0.0380. The number of hydrogen-bond acceptors (Lipinski definition) is 3. The zero-order valence-electron chi connectivity index (χ0n) is 13.4. The molecule has 0 rings (SSSR count). The van der Waals surface area contributed by atoms with E-state index >= 15 is 0 Å². The van der Waals surface area contributed by atoms with E-state index in [1.165, 1.54) is 64.2 Å². The van der Waals surface area contributed by atoms with Gasteiger partial charge >= 0.3 is 0 Å². The highest BCUT2D eigenvalue weighted by atomic mass is 16.3. The number of hydrogen-bond donors (Lipinski definition) is 3. The molecule has 0 amide bonds. The molecule has 0 aliphatic carbocycles. The van der Waals surface area contributed by atoms with Gasteiger partial charge in [-0.1, -0.05) is 77.6 Å². The second-order valence-corrected chi connectivity index (χ2v) is 6.05. The molecule has 0 aliphatic rings. The molecule has 0 heterocycles. The Morgan fingerprint density at radius 2 is 1.10 bits per heavy atom. The Morgan fingerprint density at radius 1 is 0.650 bits per heavy atom. The fourth-order valence-corrected chi connectivity index (χ4v) is 2.55. The van der Waals surface area contributed by atoms with E-state index < -0.39 is 12.2 Å². The molecule has 0 spiro atoms. The molecule has 122 valence electrons. The molecule has 0 bridgehead atoms. The minimum Gasteiger partial charge on any atom is -0.394 e. The lowest BCUT2D eigenvalue weighted by atomic mass is 10.0. The average molecular weight is 288 g/mol. The van der Waals surface area contributed by atoms with Crippen molar-refractivity contribution >= 4 is 0 Å². The molecule has 2 unspecified atom stereocenters. The molecular formula is C17H36O3. The Morgan fingerprint density at radius 3 is 1.55 bits per heavy atom. The predicted octanol–water partition coefficient (Wildman–Crippen LogP) is 3.79. The van der Waals surface area contributed by atoms with E-state index in [9.17, 15) is 10.2 Å². The van der Waals surface area contributed by atoms with Crippen LogP contribution in [0.2, 0.25) is 0 Å². The first-order chi connectivity index (χ1) is 9.70. The van der Waals surface area contributed by atoms with Crippen LogP contribution in [0.3, 0.4) is 0 Å². The fourth-order valence-electron chi connectivity index (χ4n) is 2.55. The molecule has 3 nitrogen and oxygen atoms in total. The molecular weight excluding hydrogens is 252 g/mol. The average Bonchev–Trinajstić information content (AvgIpc) is 2.44. The largest absolute Gasteiger partial charge is 0.394 e. The molecule has 2 atom stereocenters. The molecule has 20 heavy (non-hydrogen) atoms. The number of unbranched alkanes of at least 4 members (excludes halogenated alkanes) is 10. The molecule has 3 heteroatoms. The van der Waals surface area contributed by atoms with E-state index in [1.807, 2.05) is 0 Å². The lowest BCUT2D eigenvalue weighted by Crippen LogP contribution is -2.20. The van der Waals surface area contributed by atoms with Crippen LogP contribution >= 0.6 is 0 Å². The van der Waals surface area contributed by atoms with E-state index in [-0.39, 0.29) is 6.61 Å². The van der Waals surface area contributed by atoms with Crippen molar-refractivity contribution in [1.29, 1.82) is 0 Å². The van der Waals surface area contributed by atoms with Gasteiger partial charge in [0.25, 0.3) is 0 Å². The Bertz CT molecular complexity index is 185. The summed E-state index contributed by atoms with van der Waals surface area (Å²) in [5.74, 6) is 0. The zero-order valence-corrected chi connectivity index (χ0v) is 13.4. The zero-order chi connectivity index (χ0) is 15.1. The first-order valence-corrected chi connectivity index (χ1v) is 8.67. The Labute approximate surface area is 125 Å². The van der Waals surface area contributed by atoms with E-state index in [4.69, 9.17) is 5.11 Å². The van der Waals surface area contributed by atoms with Gasteiger partial charge in [0.15, 0.2) is 0 Å². The number of aliphatic hydroxyl groups is 3. The summed E-state index contributed by atoms with van der Waals surface area (Å²) in [6, 6.07) is 0. The van der Waals surface area contributed by atoms with Crippen LogP contribution in [-0.2, 0) is 0 Å². The minimum absolute atomic E-state index is 0.255. The van der Waals surface area contributed by atoms with Gasteiger partial charge in [-0.25, -0.2) is 0 Å². The Hall–Kier alpha value is -0.120. The van der Waals surface area contributed by atoms with Crippen LogP contribution in [0.1, 0.15) is 90.4 Å². The van der Waals surface area contributed by atoms with Crippen molar-refractivity contribution in [2.24, 2.45) is 0 Å². The van der Waals surface area contributed by atoms with Crippen molar-refractivity contribution in [1.82, 2.24) is 0 Å². The van der Waals surface area contributed by atoms with E-state index in [0.29, 0.717) is 6.42 Å². The molecule has 0 radical (unpaired) electrons. The summed E-state index contributed by atoms with van der Waals surface area (Å²) < 4.78 is 0. The van der Waals surface area contributed by atoms with Crippen LogP contribution in [0, 0.1) is 0 Å². The van der Waals surface area contributed by atoms with Gasteiger partial charge in [-0.15, -0.1) is 0 Å². The first-order valence-electron chi connectivity index (χ1n) is 8.67. The quantitative estimate of drug-likeness (QED) is 0.402. The van der Waals surface area contributed by atoms with Gasteiger partial charge in [-0.05, 0) is 6.42 Å². The van der Waals surface area contributed by atoms with Crippen LogP contribution in [0.4, 0.5) is 0 Å². The summed E-state index contributed by atoms with van der Waals surface area (Å²) in [4.78, 5) is 0. The summed E-state index contributed by atoms with van der Waals surface area (Å²) in [5.41, 5.74) is 0. The van der Waals surface area contributed by atoms with Crippen molar-refractivity contribution in [2.75, 3.05) is 6.61 Å². The SMILES string of the molecule is CCCCCCCCCCCCCC(O)CC(O)CO. The summed E-state index contributed by atoms with van der Waals surface area (Å²) in [5, 5.41) is 27.5. The molecule has 0 saturated carbocycles. The smallest absolute Gasteiger partial charge is 0.0795 e. The highest BCUT2D eigenvalue weighted by Crippen LogP contribution is 2.13. The summed E-state index contributed by atoms with van der Waals surface area (Å²) in [6.45, 7) is 2.00. The molecule has 0 aromatic heterocycles. The third-order valence-corrected chi connectivity index (χ3v) is 3.90. The van der Waals surface area contributed by atoms with Crippen LogP contribution in [0.5, 0.6) is 0 Å². The van der Waals surface area contributed by atoms with Gasteiger partial charge in [-0.2, -0.15) is 0 Å². The van der Waals surface area contributed by atoms with Gasteiger partial charge in [0.05, 0.1) is 18.8 Å². The molecule has 0 saturated heterocycles. The summed E-state index contributed by atoms with van der Waals surface area (Å²) in [6.07, 6.45) is 14.2. The maximum absolute atomic E-state index is 9.62. The van der Waals surface area contributed by atoms with Crippen molar-refractivity contribution in [3.8, 4) is 0 Å². The standard InChI is InChI=1S/C17H36O3/c1-2-3-4-5-6-7-8-9-10-11-12-13-16(19)14-17(20)15-18/h16-20H,2-15H2,1H3. The highest BCUT2D eigenvalue weighted by Gasteiger charge is 2.10. The maximum Gasteiger partial charge on any atom is 0.0795 e. The monoisotopic (exact) mass is 288 g/mol. The molecule has 3 N–H and O–H groups in total. The van der Waals surface area contributed by atoms with Crippen molar-refractivity contribution < 1.29 is 15.3 Å². The molecule has 0 aromatic carbocycles.